The van der Waals surface area contributed by atoms with Crippen molar-refractivity contribution in [2.24, 2.45) is 0 Å². The molecule has 25 heavy (non-hydrogen) atoms. The summed E-state index contributed by atoms with van der Waals surface area (Å²) in [6.07, 6.45) is 2.70. The molecule has 2 atom stereocenters. The number of esters is 1. The van der Waals surface area contributed by atoms with E-state index in [2.05, 4.69) is 33.9 Å². The Kier molecular flexibility index (Phi) is 6.10. The molecule has 0 bridgehead atoms. The van der Waals surface area contributed by atoms with Gasteiger partial charge in [0.15, 0.2) is 8.32 Å². The number of hydrogen-bond donors (Lipinski definition) is 0. The summed E-state index contributed by atoms with van der Waals surface area (Å²) in [6.45, 7) is 13.1. The fourth-order valence-electron chi connectivity index (χ4n) is 3.25. The molecule has 0 saturated heterocycles. The van der Waals surface area contributed by atoms with Crippen LogP contribution in [0.1, 0.15) is 68.8 Å². The summed E-state index contributed by atoms with van der Waals surface area (Å²) in [5, 5.41) is 0.0966. The molecule has 0 unspecified atom stereocenters. The van der Waals surface area contributed by atoms with E-state index in [1.54, 1.807) is 19.1 Å². The van der Waals surface area contributed by atoms with Crippen LogP contribution in [0.15, 0.2) is 18.2 Å². The van der Waals surface area contributed by atoms with E-state index >= 15 is 0 Å². The van der Waals surface area contributed by atoms with Crippen LogP contribution in [0.4, 0.5) is 4.39 Å². The Morgan fingerprint density at radius 1 is 1.28 bits per heavy atom. The van der Waals surface area contributed by atoms with E-state index in [-0.39, 0.29) is 29.5 Å². The highest BCUT2D eigenvalue weighted by molar-refractivity contribution is 6.74. The maximum absolute atomic E-state index is 14.7. The van der Waals surface area contributed by atoms with Gasteiger partial charge in [-0.15, -0.1) is 0 Å². The first-order chi connectivity index (χ1) is 11.6. The molecule has 5 heteroatoms. The Morgan fingerprint density at radius 3 is 2.56 bits per heavy atom. The lowest BCUT2D eigenvalue weighted by atomic mass is 9.91. The van der Waals surface area contributed by atoms with E-state index in [0.29, 0.717) is 11.1 Å². The Morgan fingerprint density at radius 2 is 1.96 bits per heavy atom. The number of rotatable bonds is 5. The van der Waals surface area contributed by atoms with Gasteiger partial charge in [-0.3, -0.25) is 0 Å². The second-order valence-corrected chi connectivity index (χ2v) is 13.1. The van der Waals surface area contributed by atoms with Crippen molar-refractivity contribution in [1.29, 1.82) is 0 Å². The average molecular weight is 367 g/mol. The summed E-state index contributed by atoms with van der Waals surface area (Å²) >= 11 is 0. The lowest BCUT2D eigenvalue weighted by Crippen LogP contribution is -2.44. The minimum atomic E-state index is -1.96. The van der Waals surface area contributed by atoms with Crippen molar-refractivity contribution >= 4 is 14.3 Å². The van der Waals surface area contributed by atoms with Gasteiger partial charge < -0.3 is 9.16 Å². The summed E-state index contributed by atoms with van der Waals surface area (Å²) in [4.78, 5) is 12.3. The number of carbonyl (C=O) groups excluding carboxylic acids is 1. The number of ether oxygens (including phenoxy) is 1. The average Bonchev–Trinajstić information content (AvgIpc) is 2.93. The topological polar surface area (TPSA) is 35.5 Å². The molecule has 0 radical (unpaired) electrons. The van der Waals surface area contributed by atoms with Crippen LogP contribution in [-0.2, 0) is 9.16 Å². The van der Waals surface area contributed by atoms with Gasteiger partial charge in [0, 0.05) is 11.5 Å². The largest absolute Gasteiger partial charge is 0.462 e. The van der Waals surface area contributed by atoms with Crippen LogP contribution < -0.4 is 0 Å². The van der Waals surface area contributed by atoms with Gasteiger partial charge in [0.2, 0.25) is 0 Å². The zero-order valence-electron chi connectivity index (χ0n) is 16.3. The van der Waals surface area contributed by atoms with Crippen LogP contribution in [0.2, 0.25) is 18.1 Å². The van der Waals surface area contributed by atoms with Crippen molar-refractivity contribution in [1.82, 2.24) is 0 Å². The molecule has 1 aromatic carbocycles. The summed E-state index contributed by atoms with van der Waals surface area (Å²) in [5.41, 5.74) is 0.819. The highest BCUT2D eigenvalue weighted by Gasteiger charge is 2.43. The molecular weight excluding hydrogens is 335 g/mol. The quantitative estimate of drug-likeness (QED) is 0.498. The molecule has 2 rings (SSSR count). The van der Waals surface area contributed by atoms with Crippen LogP contribution >= 0.6 is 0 Å². The third kappa shape index (κ3) is 4.32. The predicted octanol–water partition coefficient (Wildman–Crippen LogP) is 5.66. The Balaban J connectivity index is 2.36. The van der Waals surface area contributed by atoms with Gasteiger partial charge in [-0.2, -0.15) is 0 Å². The highest BCUT2D eigenvalue weighted by Crippen LogP contribution is 2.45. The lowest BCUT2D eigenvalue weighted by Gasteiger charge is -2.40. The second-order valence-electron chi connectivity index (χ2n) is 8.38. The van der Waals surface area contributed by atoms with Gasteiger partial charge in [-0.1, -0.05) is 33.3 Å². The van der Waals surface area contributed by atoms with Crippen molar-refractivity contribution in [2.75, 3.05) is 6.61 Å². The normalized spacial score (nSPS) is 21.4. The third-order valence-corrected chi connectivity index (χ3v) is 10.1. The molecule has 0 amide bonds. The summed E-state index contributed by atoms with van der Waals surface area (Å²) in [6, 6.07) is 4.67. The van der Waals surface area contributed by atoms with Crippen LogP contribution in [0.3, 0.4) is 0 Å². The van der Waals surface area contributed by atoms with Gasteiger partial charge in [0.05, 0.1) is 18.3 Å². The number of halogens is 1. The van der Waals surface area contributed by atoms with Gasteiger partial charge in [0.25, 0.3) is 0 Å². The summed E-state index contributed by atoms with van der Waals surface area (Å²) < 4.78 is 26.4. The first-order valence-electron chi connectivity index (χ1n) is 9.22. The molecule has 140 valence electrons. The molecule has 0 heterocycles. The van der Waals surface area contributed by atoms with Crippen LogP contribution in [0.5, 0.6) is 0 Å². The summed E-state index contributed by atoms with van der Waals surface area (Å²) in [7, 11) is -1.96. The van der Waals surface area contributed by atoms with Gasteiger partial charge >= 0.3 is 5.97 Å². The molecule has 3 nitrogen and oxygen atoms in total. The Hall–Kier alpha value is -1.20. The monoisotopic (exact) mass is 366 g/mol. The molecule has 1 aromatic rings. The zero-order chi connectivity index (χ0) is 18.8. The van der Waals surface area contributed by atoms with E-state index in [9.17, 15) is 9.18 Å². The van der Waals surface area contributed by atoms with Crippen LogP contribution in [0.25, 0.3) is 0 Å². The van der Waals surface area contributed by atoms with E-state index in [1.165, 1.54) is 6.07 Å². The molecular formula is C20H31FO3Si. The van der Waals surface area contributed by atoms with E-state index in [4.69, 9.17) is 9.16 Å². The van der Waals surface area contributed by atoms with Crippen molar-refractivity contribution in [3.8, 4) is 0 Å². The molecule has 0 N–H and O–H groups in total. The Bertz CT molecular complexity index is 622. The van der Waals surface area contributed by atoms with E-state index in [1.807, 2.05) is 0 Å². The number of carbonyl (C=O) groups is 1. The van der Waals surface area contributed by atoms with Gasteiger partial charge in [0.1, 0.15) is 5.82 Å². The first kappa shape index (κ1) is 20.1. The van der Waals surface area contributed by atoms with Crippen molar-refractivity contribution in [2.45, 2.75) is 77.1 Å². The van der Waals surface area contributed by atoms with E-state index < -0.39 is 14.3 Å². The molecule has 0 spiro atoms. The van der Waals surface area contributed by atoms with Gasteiger partial charge in [-0.05, 0) is 50.0 Å². The number of hydrogen-bond acceptors (Lipinski definition) is 3. The fourth-order valence-corrected chi connectivity index (χ4v) is 4.65. The SMILES string of the molecule is CCOC(=O)c1cccc(F)c1[C@H]1CCC[C@@H]1O[Si](C)(C)C(C)(C)C. The molecule has 1 saturated carbocycles. The van der Waals surface area contributed by atoms with E-state index in [0.717, 1.165) is 19.3 Å². The van der Waals surface area contributed by atoms with Crippen molar-refractivity contribution in [3.63, 3.8) is 0 Å². The maximum atomic E-state index is 14.7. The molecule has 1 aliphatic carbocycles. The molecule has 1 aliphatic rings. The standard InChI is InChI=1S/C20H31FO3Si/c1-7-23-19(22)15-11-8-12-16(21)18(15)14-10-9-13-17(14)24-25(5,6)20(2,3)4/h8,11-12,14,17H,7,9-10,13H2,1-6H3/t14-,17-/m0/s1. The minimum Gasteiger partial charge on any atom is -0.462 e. The first-order valence-corrected chi connectivity index (χ1v) is 12.1. The lowest BCUT2D eigenvalue weighted by molar-refractivity contribution is 0.0522. The van der Waals surface area contributed by atoms with Crippen molar-refractivity contribution in [3.05, 3.63) is 35.1 Å². The number of benzene rings is 1. The third-order valence-electron chi connectivity index (χ3n) is 5.62. The van der Waals surface area contributed by atoms with Crippen molar-refractivity contribution < 1.29 is 18.3 Å². The van der Waals surface area contributed by atoms with Gasteiger partial charge in [-0.25, -0.2) is 9.18 Å². The smallest absolute Gasteiger partial charge is 0.338 e. The maximum Gasteiger partial charge on any atom is 0.338 e. The van der Waals surface area contributed by atoms with Crippen LogP contribution in [-0.4, -0.2) is 27.0 Å². The zero-order valence-corrected chi connectivity index (χ0v) is 17.3. The Labute approximate surface area is 152 Å². The molecule has 0 aliphatic heterocycles. The van der Waals surface area contributed by atoms with Crippen LogP contribution in [0, 0.1) is 5.82 Å². The molecule has 0 aromatic heterocycles. The predicted molar refractivity (Wildman–Crippen MR) is 101 cm³/mol. The highest BCUT2D eigenvalue weighted by atomic mass is 28.4. The fraction of sp³-hybridized carbons (Fsp3) is 0.650. The minimum absolute atomic E-state index is 0.0361. The second kappa shape index (κ2) is 7.58. The molecule has 1 fully saturated rings. The summed E-state index contributed by atoms with van der Waals surface area (Å²) in [5.74, 6) is -0.869.